The predicted octanol–water partition coefficient (Wildman–Crippen LogP) is 5.03. The summed E-state index contributed by atoms with van der Waals surface area (Å²) in [4.78, 5) is 13.6. The summed E-state index contributed by atoms with van der Waals surface area (Å²) in [7, 11) is 3.94. The van der Waals surface area contributed by atoms with Gasteiger partial charge in [0.15, 0.2) is 0 Å². The monoisotopic (exact) mass is 492 g/mol. The zero-order valence-corrected chi connectivity index (χ0v) is 21.6. The predicted molar refractivity (Wildman–Crippen MR) is 151 cm³/mol. The lowest BCUT2D eigenvalue weighted by molar-refractivity contribution is 0.826. The van der Waals surface area contributed by atoms with Crippen molar-refractivity contribution in [3.63, 3.8) is 0 Å². The van der Waals surface area contributed by atoms with Crippen LogP contribution in [0.2, 0.25) is 0 Å². The van der Waals surface area contributed by atoms with Gasteiger partial charge in [0.1, 0.15) is 11.6 Å². The maximum atomic E-state index is 10.4. The second-order valence-corrected chi connectivity index (χ2v) is 9.46. The maximum Gasteiger partial charge on any atom is 0.235 e. The molecule has 6 aromatic rings. The third-order valence-electron chi connectivity index (χ3n) is 7.50. The Labute approximate surface area is 219 Å². The molecule has 0 N–H and O–H groups in total. The number of nitrogens with zero attached hydrogens (tertiary/aromatic N) is 6. The van der Waals surface area contributed by atoms with Crippen molar-refractivity contribution in [2.45, 2.75) is 13.8 Å². The van der Waals surface area contributed by atoms with E-state index < -0.39 is 0 Å². The van der Waals surface area contributed by atoms with Crippen LogP contribution in [0.4, 0.5) is 0 Å². The lowest BCUT2D eigenvalue weighted by Gasteiger charge is -2.07. The Morgan fingerprint density at radius 1 is 0.737 bits per heavy atom. The van der Waals surface area contributed by atoms with Gasteiger partial charge in [0.25, 0.3) is 0 Å². The molecule has 0 amide bonds. The highest BCUT2D eigenvalue weighted by molar-refractivity contribution is 5.96. The van der Waals surface area contributed by atoms with E-state index in [2.05, 4.69) is 10.9 Å². The van der Waals surface area contributed by atoms with Crippen LogP contribution in [0.25, 0.3) is 48.7 Å². The molecule has 0 radical (unpaired) electrons. The molecular weight excluding hydrogens is 468 g/mol. The summed E-state index contributed by atoms with van der Waals surface area (Å²) in [6, 6.07) is 26.1. The van der Waals surface area contributed by atoms with Crippen LogP contribution in [0.15, 0.2) is 72.8 Å². The number of pyridine rings is 2. The Morgan fingerprint density at radius 2 is 1.24 bits per heavy atom. The smallest absolute Gasteiger partial charge is 0.235 e. The SMILES string of the molecule is [C-]#[N+]/C(c1ccc2ccccc2n1)=c1\c2c(C)n(C)/c(=C(/C#N)c3ccc4ccccc4n3)c2c(C)n1C. The lowest BCUT2D eigenvalue weighted by atomic mass is 10.1. The first-order chi connectivity index (χ1) is 18.4. The van der Waals surface area contributed by atoms with E-state index >= 15 is 0 Å². The molecule has 0 aliphatic rings. The summed E-state index contributed by atoms with van der Waals surface area (Å²) in [6.45, 7) is 12.2. The van der Waals surface area contributed by atoms with Gasteiger partial charge in [-0.05, 0) is 38.1 Å². The molecule has 0 atom stereocenters. The summed E-state index contributed by atoms with van der Waals surface area (Å²) >= 11 is 0. The maximum absolute atomic E-state index is 10.4. The van der Waals surface area contributed by atoms with Gasteiger partial charge in [0.05, 0.1) is 39.7 Å². The van der Waals surface area contributed by atoms with Gasteiger partial charge in [0.2, 0.25) is 5.70 Å². The van der Waals surface area contributed by atoms with Gasteiger partial charge < -0.3 is 9.13 Å². The second-order valence-electron chi connectivity index (χ2n) is 9.46. The third-order valence-corrected chi connectivity index (χ3v) is 7.50. The van der Waals surface area contributed by atoms with E-state index in [4.69, 9.17) is 16.5 Å². The van der Waals surface area contributed by atoms with Crippen LogP contribution in [-0.2, 0) is 14.1 Å². The normalized spacial score (nSPS) is 13.0. The minimum absolute atomic E-state index is 0.485. The summed E-state index contributed by atoms with van der Waals surface area (Å²) in [6.07, 6.45) is 0. The highest BCUT2D eigenvalue weighted by atomic mass is 15.0. The van der Waals surface area contributed by atoms with Crippen molar-refractivity contribution >= 4 is 43.8 Å². The molecule has 6 heteroatoms. The number of fused-ring (bicyclic) bond motifs is 3. The molecule has 38 heavy (non-hydrogen) atoms. The van der Waals surface area contributed by atoms with Crippen molar-refractivity contribution in [3.05, 3.63) is 118 Å². The van der Waals surface area contributed by atoms with Crippen LogP contribution >= 0.6 is 0 Å². The fraction of sp³-hybridized carbons (Fsp3) is 0.125. The number of aryl methyl sites for hydroxylation is 2. The molecular formula is C32H24N6. The number of para-hydroxylation sites is 2. The average Bonchev–Trinajstić information content (AvgIpc) is 3.35. The highest BCUT2D eigenvalue weighted by Gasteiger charge is 2.22. The molecule has 0 aliphatic carbocycles. The molecule has 6 nitrogen and oxygen atoms in total. The van der Waals surface area contributed by atoms with Gasteiger partial charge in [-0.15, -0.1) is 0 Å². The number of aromatic nitrogens is 4. The molecule has 6 rings (SSSR count). The molecule has 0 spiro atoms. The van der Waals surface area contributed by atoms with Crippen LogP contribution in [0.1, 0.15) is 22.8 Å². The molecule has 182 valence electrons. The molecule has 0 aliphatic heterocycles. The Kier molecular flexibility index (Phi) is 5.33. The summed E-state index contributed by atoms with van der Waals surface area (Å²) in [5.74, 6) is 0. The van der Waals surface area contributed by atoms with Gasteiger partial charge in [-0.1, -0.05) is 48.5 Å². The summed E-state index contributed by atoms with van der Waals surface area (Å²) in [5, 5.41) is 16.0. The lowest BCUT2D eigenvalue weighted by Crippen LogP contribution is -2.22. The van der Waals surface area contributed by atoms with Crippen LogP contribution in [0.3, 0.4) is 0 Å². The van der Waals surface area contributed by atoms with E-state index in [9.17, 15) is 5.26 Å². The van der Waals surface area contributed by atoms with Crippen LogP contribution in [0.5, 0.6) is 0 Å². The third kappa shape index (κ3) is 3.32. The fourth-order valence-corrected chi connectivity index (χ4v) is 5.38. The van der Waals surface area contributed by atoms with Crippen LogP contribution in [-0.4, -0.2) is 19.1 Å². The Balaban J connectivity index is 1.75. The van der Waals surface area contributed by atoms with E-state index in [1.807, 2.05) is 110 Å². The van der Waals surface area contributed by atoms with Crippen molar-refractivity contribution in [1.82, 2.24) is 19.1 Å². The first-order valence-corrected chi connectivity index (χ1v) is 12.3. The number of benzene rings is 2. The number of hydrogen-bond donors (Lipinski definition) is 0. The van der Waals surface area contributed by atoms with Gasteiger partial charge in [-0.25, -0.2) is 9.83 Å². The van der Waals surface area contributed by atoms with Gasteiger partial charge in [0, 0.05) is 47.0 Å². The molecule has 4 aromatic heterocycles. The largest absolute Gasteiger partial charge is 0.356 e. The minimum atomic E-state index is 0.485. The van der Waals surface area contributed by atoms with Crippen molar-refractivity contribution in [2.75, 3.05) is 0 Å². The van der Waals surface area contributed by atoms with E-state index in [0.717, 1.165) is 54.7 Å². The number of rotatable bonds is 2. The van der Waals surface area contributed by atoms with Crippen molar-refractivity contribution in [1.29, 1.82) is 5.26 Å². The number of nitriles is 1. The van der Waals surface area contributed by atoms with E-state index in [-0.39, 0.29) is 0 Å². The molecule has 0 unspecified atom stereocenters. The Morgan fingerprint density at radius 3 is 1.82 bits per heavy atom. The molecule has 0 fully saturated rings. The second kappa shape index (κ2) is 8.73. The Hall–Kier alpha value is -5.20. The fourth-order valence-electron chi connectivity index (χ4n) is 5.38. The van der Waals surface area contributed by atoms with E-state index in [1.165, 1.54) is 0 Å². The van der Waals surface area contributed by atoms with E-state index in [1.54, 1.807) is 0 Å². The van der Waals surface area contributed by atoms with Crippen LogP contribution in [0, 0.1) is 31.8 Å². The van der Waals surface area contributed by atoms with Crippen LogP contribution < -0.4 is 10.7 Å². The minimum Gasteiger partial charge on any atom is -0.356 e. The zero-order valence-electron chi connectivity index (χ0n) is 21.6. The van der Waals surface area contributed by atoms with Crippen molar-refractivity contribution in [3.8, 4) is 6.07 Å². The molecule has 0 bridgehead atoms. The van der Waals surface area contributed by atoms with Crippen molar-refractivity contribution in [2.24, 2.45) is 14.1 Å². The topological polar surface area (TPSA) is 63.8 Å². The summed E-state index contributed by atoms with van der Waals surface area (Å²) < 4.78 is 4.10. The highest BCUT2D eigenvalue weighted by Crippen LogP contribution is 2.24. The molecule has 4 heterocycles. The van der Waals surface area contributed by atoms with Gasteiger partial charge in [-0.3, -0.25) is 4.98 Å². The van der Waals surface area contributed by atoms with Crippen molar-refractivity contribution < 1.29 is 0 Å². The standard InChI is InChI=1S/C32H24N6/c1-19-28-29(32(38(19)5)30(34-3)27-17-15-22-11-7-9-13-25(22)36-27)20(2)37(4)31(28)23(18-33)26-16-14-21-10-6-8-12-24(21)35-26/h6-17H,1-2,4-5H3/b31-23-,32-30+. The quantitative estimate of drug-likeness (QED) is 0.319. The molecule has 2 aromatic carbocycles. The van der Waals surface area contributed by atoms with Gasteiger partial charge in [-0.2, -0.15) is 5.26 Å². The molecule has 0 saturated heterocycles. The first kappa shape index (κ1) is 23.2. The molecule has 0 saturated carbocycles. The average molecular weight is 493 g/mol. The Bertz CT molecular complexity index is 1990. The van der Waals surface area contributed by atoms with Gasteiger partial charge >= 0.3 is 0 Å². The number of hydrogen-bond acceptors (Lipinski definition) is 3. The zero-order chi connectivity index (χ0) is 26.6. The summed E-state index contributed by atoms with van der Waals surface area (Å²) in [5.41, 5.74) is 5.89. The van der Waals surface area contributed by atoms with E-state index in [0.29, 0.717) is 22.7 Å². The first-order valence-electron chi connectivity index (χ1n) is 12.3.